The van der Waals surface area contributed by atoms with E-state index in [1.165, 1.54) is 11.2 Å². The second kappa shape index (κ2) is 9.60. The molecule has 0 radical (unpaired) electrons. The molecule has 4 amide bonds. The van der Waals surface area contributed by atoms with Gasteiger partial charge in [0, 0.05) is 5.69 Å². The van der Waals surface area contributed by atoms with E-state index in [1.54, 1.807) is 54.6 Å². The molecule has 1 fully saturated rings. The van der Waals surface area contributed by atoms with Gasteiger partial charge < -0.3 is 19.4 Å². The molecule has 8 heteroatoms. The van der Waals surface area contributed by atoms with Crippen molar-refractivity contribution in [2.75, 3.05) is 16.8 Å². The summed E-state index contributed by atoms with van der Waals surface area (Å²) >= 11 is 0. The lowest BCUT2D eigenvalue weighted by Gasteiger charge is -2.20. The molecule has 3 aromatic rings. The normalized spacial score (nSPS) is 15.8. The zero-order chi connectivity index (χ0) is 23.4. The average molecular weight is 447 g/mol. The molecule has 1 aromatic heterocycles. The quantitative estimate of drug-likeness (QED) is 0.518. The van der Waals surface area contributed by atoms with Crippen molar-refractivity contribution in [1.82, 2.24) is 4.90 Å². The molecule has 1 saturated heterocycles. The monoisotopic (exact) mass is 447 g/mol. The number of anilines is 2. The maximum Gasteiger partial charge on any atom is 0.332 e. The molecule has 0 aliphatic carbocycles. The molecule has 1 atom stereocenters. The second-order valence-corrected chi connectivity index (χ2v) is 7.73. The van der Waals surface area contributed by atoms with Crippen LogP contribution in [0.2, 0.25) is 0 Å². The minimum atomic E-state index is -0.953. The minimum Gasteiger partial charge on any atom is -0.494 e. The SMILES string of the molecule is CCOc1ccc(NC(=O)CC2C(=O)N(c3cccc(C)c3)C(=O)N2Cc2ccco2)cc1. The lowest BCUT2D eigenvalue weighted by atomic mass is 10.1. The highest BCUT2D eigenvalue weighted by atomic mass is 16.5. The zero-order valence-electron chi connectivity index (χ0n) is 18.5. The number of benzene rings is 2. The van der Waals surface area contributed by atoms with Crippen molar-refractivity contribution in [2.45, 2.75) is 32.9 Å². The number of urea groups is 1. The lowest BCUT2D eigenvalue weighted by Crippen LogP contribution is -2.37. The Balaban J connectivity index is 1.54. The summed E-state index contributed by atoms with van der Waals surface area (Å²) in [5.41, 5.74) is 1.97. The van der Waals surface area contributed by atoms with Crippen LogP contribution < -0.4 is 15.0 Å². The Labute approximate surface area is 191 Å². The summed E-state index contributed by atoms with van der Waals surface area (Å²) in [6.45, 7) is 4.41. The fraction of sp³-hybridized carbons (Fsp3) is 0.240. The molecular weight excluding hydrogens is 422 g/mol. The highest BCUT2D eigenvalue weighted by Crippen LogP contribution is 2.29. The number of carbonyl (C=O) groups excluding carboxylic acids is 3. The first kappa shape index (κ1) is 22.1. The first-order valence-corrected chi connectivity index (χ1v) is 10.7. The third-order valence-corrected chi connectivity index (χ3v) is 5.31. The van der Waals surface area contributed by atoms with Crippen LogP contribution in [0.1, 0.15) is 24.7 Å². The summed E-state index contributed by atoms with van der Waals surface area (Å²) in [5.74, 6) is 0.407. The van der Waals surface area contributed by atoms with Crippen LogP contribution in [0.15, 0.2) is 71.3 Å². The molecule has 2 aromatic carbocycles. The van der Waals surface area contributed by atoms with Gasteiger partial charge in [0.25, 0.3) is 5.91 Å². The van der Waals surface area contributed by atoms with Gasteiger partial charge in [0.05, 0.1) is 31.5 Å². The van der Waals surface area contributed by atoms with Gasteiger partial charge in [-0.3, -0.25) is 9.59 Å². The van der Waals surface area contributed by atoms with Gasteiger partial charge in [-0.2, -0.15) is 0 Å². The molecule has 170 valence electrons. The van der Waals surface area contributed by atoms with Crippen LogP contribution in [-0.2, 0) is 16.1 Å². The molecule has 8 nitrogen and oxygen atoms in total. The van der Waals surface area contributed by atoms with Crippen molar-refractivity contribution in [3.63, 3.8) is 0 Å². The van der Waals surface area contributed by atoms with E-state index in [0.29, 0.717) is 29.5 Å². The van der Waals surface area contributed by atoms with Crippen molar-refractivity contribution in [2.24, 2.45) is 0 Å². The molecule has 1 unspecified atom stereocenters. The number of hydrogen-bond acceptors (Lipinski definition) is 5. The number of aryl methyl sites for hydroxylation is 1. The number of carbonyl (C=O) groups is 3. The van der Waals surface area contributed by atoms with Crippen LogP contribution >= 0.6 is 0 Å². The number of hydrogen-bond donors (Lipinski definition) is 1. The average Bonchev–Trinajstić information content (AvgIpc) is 3.38. The van der Waals surface area contributed by atoms with Crippen LogP contribution in [0.5, 0.6) is 5.75 Å². The number of amides is 4. The molecule has 1 N–H and O–H groups in total. The molecular formula is C25H25N3O5. The summed E-state index contributed by atoms with van der Waals surface area (Å²) in [7, 11) is 0. The molecule has 1 aliphatic rings. The lowest BCUT2D eigenvalue weighted by molar-refractivity contribution is -0.124. The molecule has 0 bridgehead atoms. The largest absolute Gasteiger partial charge is 0.494 e. The van der Waals surface area contributed by atoms with Gasteiger partial charge >= 0.3 is 6.03 Å². The van der Waals surface area contributed by atoms with Gasteiger partial charge in [0.15, 0.2) is 0 Å². The Morgan fingerprint density at radius 3 is 2.55 bits per heavy atom. The molecule has 1 aliphatic heterocycles. The van der Waals surface area contributed by atoms with Crippen LogP contribution in [-0.4, -0.2) is 35.4 Å². The topological polar surface area (TPSA) is 92.1 Å². The van der Waals surface area contributed by atoms with E-state index in [4.69, 9.17) is 9.15 Å². The van der Waals surface area contributed by atoms with Gasteiger partial charge in [-0.05, 0) is 67.9 Å². The fourth-order valence-electron chi connectivity index (χ4n) is 3.78. The Kier molecular flexibility index (Phi) is 6.44. The third kappa shape index (κ3) is 4.90. The Hall–Kier alpha value is -4.07. The van der Waals surface area contributed by atoms with Crippen molar-refractivity contribution >= 4 is 29.2 Å². The zero-order valence-corrected chi connectivity index (χ0v) is 18.5. The predicted molar refractivity (Wildman–Crippen MR) is 123 cm³/mol. The highest BCUT2D eigenvalue weighted by Gasteiger charge is 2.47. The highest BCUT2D eigenvalue weighted by molar-refractivity contribution is 6.22. The molecule has 2 heterocycles. The van der Waals surface area contributed by atoms with E-state index in [-0.39, 0.29) is 18.9 Å². The summed E-state index contributed by atoms with van der Waals surface area (Å²) in [5, 5.41) is 2.79. The smallest absolute Gasteiger partial charge is 0.332 e. The van der Waals surface area contributed by atoms with Crippen molar-refractivity contribution in [3.05, 3.63) is 78.3 Å². The van der Waals surface area contributed by atoms with Crippen LogP contribution in [0.3, 0.4) is 0 Å². The van der Waals surface area contributed by atoms with E-state index < -0.39 is 18.0 Å². The third-order valence-electron chi connectivity index (χ3n) is 5.31. The summed E-state index contributed by atoms with van der Waals surface area (Å²) < 4.78 is 10.8. The van der Waals surface area contributed by atoms with Crippen LogP contribution in [0, 0.1) is 6.92 Å². The number of nitrogens with one attached hydrogen (secondary N) is 1. The fourth-order valence-corrected chi connectivity index (χ4v) is 3.78. The molecule has 4 rings (SSSR count). The van der Waals surface area contributed by atoms with Gasteiger partial charge in [0.1, 0.15) is 17.6 Å². The summed E-state index contributed by atoms with van der Waals surface area (Å²) in [6.07, 6.45) is 1.32. The van der Waals surface area contributed by atoms with Gasteiger partial charge in [-0.15, -0.1) is 0 Å². The predicted octanol–water partition coefficient (Wildman–Crippen LogP) is 4.35. The van der Waals surface area contributed by atoms with Crippen molar-refractivity contribution < 1.29 is 23.5 Å². The number of rotatable bonds is 8. The molecule has 33 heavy (non-hydrogen) atoms. The van der Waals surface area contributed by atoms with E-state index in [1.807, 2.05) is 19.9 Å². The summed E-state index contributed by atoms with van der Waals surface area (Å²) in [4.78, 5) is 41.9. The number of furan rings is 1. The maximum absolute atomic E-state index is 13.3. The summed E-state index contributed by atoms with van der Waals surface area (Å²) in [6, 6.07) is 16.1. The first-order valence-electron chi connectivity index (χ1n) is 10.7. The molecule has 0 spiro atoms. The second-order valence-electron chi connectivity index (χ2n) is 7.73. The van der Waals surface area contributed by atoms with E-state index in [9.17, 15) is 14.4 Å². The Morgan fingerprint density at radius 2 is 1.88 bits per heavy atom. The maximum atomic E-state index is 13.3. The standard InChI is InChI=1S/C25H25N3O5/c1-3-32-20-11-9-18(10-12-20)26-23(29)15-22-24(30)28(19-7-4-6-17(2)14-19)25(31)27(22)16-21-8-5-13-33-21/h4-14,22H,3,15-16H2,1-2H3,(H,26,29). The van der Waals surface area contributed by atoms with Gasteiger partial charge in [-0.1, -0.05) is 12.1 Å². The van der Waals surface area contributed by atoms with Crippen molar-refractivity contribution in [1.29, 1.82) is 0 Å². The van der Waals surface area contributed by atoms with Crippen molar-refractivity contribution in [3.8, 4) is 5.75 Å². The minimum absolute atomic E-state index is 0.0842. The van der Waals surface area contributed by atoms with E-state index in [2.05, 4.69) is 5.32 Å². The molecule has 0 saturated carbocycles. The Morgan fingerprint density at radius 1 is 1.09 bits per heavy atom. The Bertz CT molecular complexity index is 1140. The van der Waals surface area contributed by atoms with Crippen LogP contribution in [0.25, 0.3) is 0 Å². The number of ether oxygens (including phenoxy) is 1. The van der Waals surface area contributed by atoms with E-state index in [0.717, 1.165) is 10.5 Å². The van der Waals surface area contributed by atoms with E-state index >= 15 is 0 Å². The number of nitrogens with zero attached hydrogens (tertiary/aromatic N) is 2. The van der Waals surface area contributed by atoms with Crippen LogP contribution in [0.4, 0.5) is 16.2 Å². The first-order chi connectivity index (χ1) is 16.0. The number of imide groups is 1. The van der Waals surface area contributed by atoms with Gasteiger partial charge in [0.2, 0.25) is 5.91 Å². The van der Waals surface area contributed by atoms with Gasteiger partial charge in [-0.25, -0.2) is 9.69 Å².